The van der Waals surface area contributed by atoms with Crippen molar-refractivity contribution in [2.45, 2.75) is 57.2 Å². The van der Waals surface area contributed by atoms with Crippen LogP contribution in [0.5, 0.6) is 0 Å². The third-order valence-electron chi connectivity index (χ3n) is 5.91. The summed E-state index contributed by atoms with van der Waals surface area (Å²) in [6, 6.07) is -0.441. The summed E-state index contributed by atoms with van der Waals surface area (Å²) in [6.45, 7) is 3.53. The molecule has 3 heterocycles. The Morgan fingerprint density at radius 1 is 1.11 bits per heavy atom. The molecule has 1 saturated carbocycles. The first kappa shape index (κ1) is 18.9. The zero-order valence-corrected chi connectivity index (χ0v) is 16.0. The van der Waals surface area contributed by atoms with Crippen molar-refractivity contribution in [1.29, 1.82) is 0 Å². The van der Waals surface area contributed by atoms with E-state index in [9.17, 15) is 14.4 Å². The van der Waals surface area contributed by atoms with E-state index in [0.717, 1.165) is 26.2 Å². The van der Waals surface area contributed by atoms with Crippen LogP contribution in [0.25, 0.3) is 0 Å². The lowest BCUT2D eigenvalue weighted by Crippen LogP contribution is -2.52. The lowest BCUT2D eigenvalue weighted by molar-refractivity contribution is -0.134. The van der Waals surface area contributed by atoms with Crippen LogP contribution in [0, 0.1) is 0 Å². The number of hydrogen-bond acceptors (Lipinski definition) is 6. The molecule has 28 heavy (non-hydrogen) atoms. The number of hydrogen-bond donors (Lipinski definition) is 2. The molecule has 3 fully saturated rings. The highest BCUT2D eigenvalue weighted by molar-refractivity contribution is 6.04. The topological polar surface area (TPSA) is 112 Å². The fourth-order valence-corrected chi connectivity index (χ4v) is 4.34. The number of urea groups is 1. The second-order valence-corrected chi connectivity index (χ2v) is 7.84. The largest absolute Gasteiger partial charge is 0.339 e. The summed E-state index contributed by atoms with van der Waals surface area (Å²) in [5.74, 6) is -0.335. The molecule has 0 bridgehead atoms. The van der Waals surface area contributed by atoms with Gasteiger partial charge in [-0.05, 0) is 12.8 Å². The summed E-state index contributed by atoms with van der Waals surface area (Å²) in [7, 11) is 0. The minimum absolute atomic E-state index is 0.0339. The molecule has 0 radical (unpaired) electrons. The van der Waals surface area contributed by atoms with Crippen LogP contribution in [0.15, 0.2) is 6.20 Å². The van der Waals surface area contributed by atoms with Gasteiger partial charge in [-0.1, -0.05) is 24.5 Å². The molecular weight excluding hydrogens is 362 g/mol. The van der Waals surface area contributed by atoms with Gasteiger partial charge in [-0.25, -0.2) is 9.48 Å². The van der Waals surface area contributed by atoms with Gasteiger partial charge in [0, 0.05) is 44.8 Å². The van der Waals surface area contributed by atoms with Crippen LogP contribution in [-0.4, -0.2) is 80.9 Å². The molecule has 2 N–H and O–H groups in total. The van der Waals surface area contributed by atoms with Crippen molar-refractivity contribution in [2.24, 2.45) is 0 Å². The number of carbonyl (C=O) groups is 3. The number of amides is 4. The normalized spacial score (nSPS) is 24.3. The monoisotopic (exact) mass is 389 g/mol. The van der Waals surface area contributed by atoms with E-state index < -0.39 is 12.1 Å². The Morgan fingerprint density at radius 3 is 2.54 bits per heavy atom. The number of carbonyl (C=O) groups excluding carboxylic acids is 3. The summed E-state index contributed by atoms with van der Waals surface area (Å²) in [4.78, 5) is 39.8. The summed E-state index contributed by atoms with van der Waals surface area (Å²) >= 11 is 0. The molecule has 4 rings (SSSR count). The number of piperazine rings is 1. The van der Waals surface area contributed by atoms with Crippen molar-refractivity contribution in [3.05, 3.63) is 11.9 Å². The second kappa shape index (κ2) is 8.26. The molecule has 3 aliphatic rings. The number of aromatic nitrogens is 3. The van der Waals surface area contributed by atoms with E-state index in [4.69, 9.17) is 0 Å². The van der Waals surface area contributed by atoms with Gasteiger partial charge in [0.25, 0.3) is 5.91 Å². The number of nitrogens with zero attached hydrogens (tertiary/aromatic N) is 5. The first-order valence-corrected chi connectivity index (χ1v) is 10.1. The molecule has 1 atom stereocenters. The lowest BCUT2D eigenvalue weighted by Gasteiger charge is -2.40. The molecule has 1 aromatic heterocycles. The molecule has 0 spiro atoms. The summed E-state index contributed by atoms with van der Waals surface area (Å²) in [6.07, 6.45) is 8.49. The van der Waals surface area contributed by atoms with Crippen LogP contribution in [0.3, 0.4) is 0 Å². The van der Waals surface area contributed by atoms with Gasteiger partial charge in [-0.2, -0.15) is 0 Å². The third-order valence-corrected chi connectivity index (χ3v) is 5.91. The van der Waals surface area contributed by atoms with Crippen LogP contribution in [-0.2, 0) is 22.6 Å². The van der Waals surface area contributed by atoms with Crippen molar-refractivity contribution in [3.63, 3.8) is 0 Å². The molecule has 1 aromatic rings. The fourth-order valence-electron chi connectivity index (χ4n) is 4.34. The van der Waals surface area contributed by atoms with Crippen molar-refractivity contribution >= 4 is 17.8 Å². The standard InChI is InChI=1S/C18H27N7O3/c26-16(24-8-6-23(7-9-24)14-4-2-1-3-5-14)12-25-11-13(21-22-25)10-15-17(27)20-18(28)19-15/h11,14-15H,1-10,12H2,(H2,19,20,27,28)/t15-/m1/s1. The van der Waals surface area contributed by atoms with Gasteiger partial charge in [0.15, 0.2) is 0 Å². The van der Waals surface area contributed by atoms with Crippen molar-refractivity contribution in [1.82, 2.24) is 35.4 Å². The van der Waals surface area contributed by atoms with Crippen LogP contribution < -0.4 is 10.6 Å². The van der Waals surface area contributed by atoms with Gasteiger partial charge in [0.2, 0.25) is 5.91 Å². The predicted molar refractivity (Wildman–Crippen MR) is 99.2 cm³/mol. The van der Waals surface area contributed by atoms with Crippen molar-refractivity contribution in [2.75, 3.05) is 26.2 Å². The first-order chi connectivity index (χ1) is 13.6. The van der Waals surface area contributed by atoms with E-state index in [1.165, 1.54) is 36.8 Å². The Kier molecular flexibility index (Phi) is 5.56. The molecule has 152 valence electrons. The third kappa shape index (κ3) is 4.32. The average molecular weight is 389 g/mol. The van der Waals surface area contributed by atoms with Gasteiger partial charge in [0.05, 0.1) is 5.69 Å². The van der Waals surface area contributed by atoms with Gasteiger partial charge in [0.1, 0.15) is 12.6 Å². The summed E-state index contributed by atoms with van der Waals surface area (Å²) in [5.41, 5.74) is 0.567. The number of nitrogens with one attached hydrogen (secondary N) is 2. The Morgan fingerprint density at radius 2 is 1.86 bits per heavy atom. The maximum Gasteiger partial charge on any atom is 0.322 e. The van der Waals surface area contributed by atoms with E-state index in [2.05, 4.69) is 25.8 Å². The summed E-state index contributed by atoms with van der Waals surface area (Å²) in [5, 5.41) is 12.7. The van der Waals surface area contributed by atoms with E-state index >= 15 is 0 Å². The Labute approximate surface area is 163 Å². The van der Waals surface area contributed by atoms with Crippen molar-refractivity contribution < 1.29 is 14.4 Å². The predicted octanol–water partition coefficient (Wildman–Crippen LogP) is -0.494. The molecule has 10 heteroatoms. The molecule has 2 saturated heterocycles. The Bertz CT molecular complexity index is 735. The van der Waals surface area contributed by atoms with E-state index in [1.807, 2.05) is 4.90 Å². The minimum Gasteiger partial charge on any atom is -0.339 e. The molecule has 1 aliphatic carbocycles. The van der Waals surface area contributed by atoms with Gasteiger partial charge in [-0.15, -0.1) is 5.10 Å². The first-order valence-electron chi connectivity index (χ1n) is 10.1. The summed E-state index contributed by atoms with van der Waals surface area (Å²) < 4.78 is 1.50. The van der Waals surface area contributed by atoms with Crippen LogP contribution in [0.2, 0.25) is 0 Å². The maximum atomic E-state index is 12.6. The molecule has 10 nitrogen and oxygen atoms in total. The smallest absolute Gasteiger partial charge is 0.322 e. The zero-order valence-electron chi connectivity index (χ0n) is 16.0. The molecular formula is C18H27N7O3. The Balaban J connectivity index is 1.25. The molecule has 4 amide bonds. The fraction of sp³-hybridized carbons (Fsp3) is 0.722. The number of imide groups is 1. The quantitative estimate of drug-likeness (QED) is 0.657. The SMILES string of the molecule is O=C1NC(=O)[C@@H](Cc2cn(CC(=O)N3CCN(C4CCCCC4)CC3)nn2)N1. The van der Waals surface area contributed by atoms with Gasteiger partial charge in [-0.3, -0.25) is 19.8 Å². The zero-order chi connectivity index (χ0) is 19.5. The average Bonchev–Trinajstić information content (AvgIpc) is 3.28. The van der Waals surface area contributed by atoms with Crippen LogP contribution in [0.4, 0.5) is 4.79 Å². The van der Waals surface area contributed by atoms with E-state index in [1.54, 1.807) is 6.20 Å². The van der Waals surface area contributed by atoms with Crippen LogP contribution in [0.1, 0.15) is 37.8 Å². The lowest BCUT2D eigenvalue weighted by atomic mass is 9.94. The Hall–Kier alpha value is -2.49. The van der Waals surface area contributed by atoms with Crippen molar-refractivity contribution in [3.8, 4) is 0 Å². The highest BCUT2D eigenvalue weighted by Gasteiger charge is 2.30. The molecule has 2 aliphatic heterocycles. The maximum absolute atomic E-state index is 12.6. The highest BCUT2D eigenvalue weighted by Crippen LogP contribution is 2.23. The van der Waals surface area contributed by atoms with E-state index in [0.29, 0.717) is 11.7 Å². The number of rotatable bonds is 5. The molecule has 0 unspecified atom stereocenters. The minimum atomic E-state index is -0.638. The second-order valence-electron chi connectivity index (χ2n) is 7.84. The molecule has 0 aromatic carbocycles. The highest BCUT2D eigenvalue weighted by atomic mass is 16.2. The van der Waals surface area contributed by atoms with E-state index in [-0.39, 0.29) is 24.8 Å². The van der Waals surface area contributed by atoms with Crippen LogP contribution >= 0.6 is 0 Å². The van der Waals surface area contributed by atoms with Gasteiger partial charge >= 0.3 is 6.03 Å². The van der Waals surface area contributed by atoms with Gasteiger partial charge < -0.3 is 10.2 Å².